The highest BCUT2D eigenvalue weighted by Crippen LogP contribution is 2.70. The van der Waals surface area contributed by atoms with Gasteiger partial charge >= 0.3 is 0 Å². The van der Waals surface area contributed by atoms with Gasteiger partial charge in [-0.1, -0.05) is 12.8 Å². The van der Waals surface area contributed by atoms with E-state index in [9.17, 15) is 0 Å². The van der Waals surface area contributed by atoms with Gasteiger partial charge in [0.1, 0.15) is 0 Å². The maximum absolute atomic E-state index is 5.75. The second-order valence-corrected chi connectivity index (χ2v) is 6.52. The average molecular weight is 206 g/mol. The fourth-order valence-electron chi connectivity index (χ4n) is 4.98. The fraction of sp³-hybridized carbons (Fsp3) is 1.00. The van der Waals surface area contributed by atoms with E-state index in [1.54, 1.807) is 6.42 Å². The Morgan fingerprint density at radius 2 is 1.73 bits per heavy atom. The SMILES string of the molecule is NNC(CC1CC1)C1C2C3CCC(C3)C21. The average Bonchev–Trinajstić information content (AvgIpc) is 3.14. The van der Waals surface area contributed by atoms with Crippen LogP contribution in [0.2, 0.25) is 0 Å². The van der Waals surface area contributed by atoms with E-state index in [0.717, 1.165) is 35.5 Å². The van der Waals surface area contributed by atoms with Crippen LogP contribution < -0.4 is 11.3 Å². The zero-order valence-corrected chi connectivity index (χ0v) is 9.36. The number of hydrazine groups is 1. The first-order valence-corrected chi connectivity index (χ1v) is 6.84. The Kier molecular flexibility index (Phi) is 1.79. The first kappa shape index (κ1) is 9.00. The zero-order valence-electron chi connectivity index (χ0n) is 9.36. The van der Waals surface area contributed by atoms with Crippen molar-refractivity contribution in [3.63, 3.8) is 0 Å². The van der Waals surface area contributed by atoms with Gasteiger partial charge in [-0.3, -0.25) is 11.3 Å². The molecule has 0 aromatic rings. The molecule has 0 aromatic heterocycles. The van der Waals surface area contributed by atoms with E-state index in [1.165, 1.54) is 32.1 Å². The maximum Gasteiger partial charge on any atom is 0.0247 e. The monoisotopic (exact) mass is 206 g/mol. The smallest absolute Gasteiger partial charge is 0.0247 e. The number of fused-ring (bicyclic) bond motifs is 5. The second-order valence-electron chi connectivity index (χ2n) is 6.52. The first-order chi connectivity index (χ1) is 7.38. The molecule has 0 amide bonds. The Balaban J connectivity index is 1.45. The number of hydrogen-bond acceptors (Lipinski definition) is 2. The van der Waals surface area contributed by atoms with Crippen LogP contribution in [0.5, 0.6) is 0 Å². The van der Waals surface area contributed by atoms with Crippen molar-refractivity contribution in [1.29, 1.82) is 0 Å². The van der Waals surface area contributed by atoms with Crippen LogP contribution in [0.4, 0.5) is 0 Å². The van der Waals surface area contributed by atoms with Gasteiger partial charge < -0.3 is 0 Å². The molecule has 0 aliphatic heterocycles. The fourth-order valence-corrected chi connectivity index (χ4v) is 4.98. The lowest BCUT2D eigenvalue weighted by Crippen LogP contribution is -2.38. The Labute approximate surface area is 92.0 Å². The summed E-state index contributed by atoms with van der Waals surface area (Å²) in [7, 11) is 0. The van der Waals surface area contributed by atoms with Crippen LogP contribution in [0.15, 0.2) is 0 Å². The molecule has 84 valence electrons. The summed E-state index contributed by atoms with van der Waals surface area (Å²) in [5, 5.41) is 0. The number of nitrogens with two attached hydrogens (primary N) is 1. The quantitative estimate of drug-likeness (QED) is 0.545. The summed E-state index contributed by atoms with van der Waals surface area (Å²) in [6, 6.07) is 0.663. The highest BCUT2D eigenvalue weighted by molar-refractivity contribution is 5.15. The van der Waals surface area contributed by atoms with Crippen molar-refractivity contribution in [2.24, 2.45) is 41.4 Å². The van der Waals surface area contributed by atoms with Crippen molar-refractivity contribution in [3.8, 4) is 0 Å². The summed E-state index contributed by atoms with van der Waals surface area (Å²) in [5.41, 5.74) is 3.13. The molecule has 0 spiro atoms. The summed E-state index contributed by atoms with van der Waals surface area (Å²) >= 11 is 0. The molecule has 3 N–H and O–H groups in total. The van der Waals surface area contributed by atoms with Crippen molar-refractivity contribution in [2.45, 2.75) is 44.6 Å². The minimum Gasteiger partial charge on any atom is -0.271 e. The summed E-state index contributed by atoms with van der Waals surface area (Å²) < 4.78 is 0. The summed E-state index contributed by atoms with van der Waals surface area (Å²) in [6.07, 6.45) is 8.92. The predicted octanol–water partition coefficient (Wildman–Crippen LogP) is 1.91. The highest BCUT2D eigenvalue weighted by atomic mass is 15.2. The van der Waals surface area contributed by atoms with Crippen LogP contribution in [0.25, 0.3) is 0 Å². The van der Waals surface area contributed by atoms with Gasteiger partial charge in [0.2, 0.25) is 0 Å². The molecule has 0 radical (unpaired) electrons. The van der Waals surface area contributed by atoms with Gasteiger partial charge in [-0.25, -0.2) is 0 Å². The number of rotatable bonds is 4. The maximum atomic E-state index is 5.75. The Morgan fingerprint density at radius 3 is 2.27 bits per heavy atom. The van der Waals surface area contributed by atoms with Gasteiger partial charge in [-0.2, -0.15) is 0 Å². The van der Waals surface area contributed by atoms with E-state index in [4.69, 9.17) is 5.84 Å². The molecule has 4 aliphatic carbocycles. The van der Waals surface area contributed by atoms with E-state index < -0.39 is 0 Å². The van der Waals surface area contributed by atoms with Gasteiger partial charge in [-0.05, 0) is 61.2 Å². The van der Waals surface area contributed by atoms with E-state index in [1.807, 2.05) is 0 Å². The Morgan fingerprint density at radius 1 is 1.07 bits per heavy atom. The molecule has 0 aromatic carbocycles. The molecule has 4 fully saturated rings. The molecule has 5 unspecified atom stereocenters. The van der Waals surface area contributed by atoms with Crippen LogP contribution >= 0.6 is 0 Å². The molecule has 15 heavy (non-hydrogen) atoms. The molecule has 0 heterocycles. The lowest BCUT2D eigenvalue weighted by Gasteiger charge is -2.19. The molecular weight excluding hydrogens is 184 g/mol. The van der Waals surface area contributed by atoms with Crippen LogP contribution in [-0.4, -0.2) is 6.04 Å². The predicted molar refractivity (Wildman–Crippen MR) is 59.8 cm³/mol. The van der Waals surface area contributed by atoms with E-state index >= 15 is 0 Å². The molecule has 4 saturated carbocycles. The topological polar surface area (TPSA) is 38.0 Å². The molecule has 4 aliphatic rings. The standard InChI is InChI=1S/C13H22N2/c14-15-10(5-7-1-2-7)13-11-8-3-4-9(6-8)12(11)13/h7-13,15H,1-6,14H2. The van der Waals surface area contributed by atoms with Gasteiger partial charge in [0, 0.05) is 6.04 Å². The highest BCUT2D eigenvalue weighted by Gasteiger charge is 2.66. The molecule has 2 nitrogen and oxygen atoms in total. The molecular formula is C13H22N2. The van der Waals surface area contributed by atoms with Crippen LogP contribution in [0.1, 0.15) is 38.5 Å². The third-order valence-corrected chi connectivity index (χ3v) is 5.76. The van der Waals surface area contributed by atoms with Crippen molar-refractivity contribution >= 4 is 0 Å². The third-order valence-electron chi connectivity index (χ3n) is 5.76. The van der Waals surface area contributed by atoms with E-state index in [-0.39, 0.29) is 0 Å². The normalized spacial score (nSPS) is 53.0. The van der Waals surface area contributed by atoms with E-state index in [2.05, 4.69) is 5.43 Å². The molecule has 4 rings (SSSR count). The summed E-state index contributed by atoms with van der Waals surface area (Å²) in [4.78, 5) is 0. The molecule has 0 saturated heterocycles. The van der Waals surface area contributed by atoms with Gasteiger partial charge in [0.05, 0.1) is 0 Å². The van der Waals surface area contributed by atoms with Crippen molar-refractivity contribution in [1.82, 2.24) is 5.43 Å². The zero-order chi connectivity index (χ0) is 9.99. The summed E-state index contributed by atoms with van der Waals surface area (Å²) in [5.74, 6) is 12.1. The van der Waals surface area contributed by atoms with Gasteiger partial charge in [0.25, 0.3) is 0 Å². The molecule has 2 bridgehead atoms. The van der Waals surface area contributed by atoms with Crippen molar-refractivity contribution in [3.05, 3.63) is 0 Å². The van der Waals surface area contributed by atoms with Crippen molar-refractivity contribution < 1.29 is 0 Å². The third kappa shape index (κ3) is 1.24. The largest absolute Gasteiger partial charge is 0.271 e. The van der Waals surface area contributed by atoms with Crippen LogP contribution in [0, 0.1) is 35.5 Å². The van der Waals surface area contributed by atoms with Crippen molar-refractivity contribution in [2.75, 3.05) is 0 Å². The lowest BCUT2D eigenvalue weighted by atomic mass is 9.95. The Bertz CT molecular complexity index is 258. The lowest BCUT2D eigenvalue weighted by molar-refractivity contribution is 0.341. The summed E-state index contributed by atoms with van der Waals surface area (Å²) in [6.45, 7) is 0. The minimum absolute atomic E-state index is 0.663. The van der Waals surface area contributed by atoms with Crippen LogP contribution in [-0.2, 0) is 0 Å². The Hall–Kier alpha value is -0.0800. The van der Waals surface area contributed by atoms with Crippen LogP contribution in [0.3, 0.4) is 0 Å². The molecule has 5 atom stereocenters. The van der Waals surface area contributed by atoms with Gasteiger partial charge in [0.15, 0.2) is 0 Å². The number of nitrogens with one attached hydrogen (secondary N) is 1. The van der Waals surface area contributed by atoms with Gasteiger partial charge in [-0.15, -0.1) is 0 Å². The molecule has 2 heteroatoms. The number of hydrogen-bond donors (Lipinski definition) is 2. The second kappa shape index (κ2) is 2.98. The minimum atomic E-state index is 0.663. The first-order valence-electron chi connectivity index (χ1n) is 6.84. The van der Waals surface area contributed by atoms with E-state index in [0.29, 0.717) is 6.04 Å².